The van der Waals surface area contributed by atoms with Crippen molar-refractivity contribution in [2.24, 2.45) is 0 Å². The molecule has 3 nitrogen and oxygen atoms in total. The molecule has 0 aliphatic heterocycles. The molecule has 16 heavy (non-hydrogen) atoms. The third-order valence-corrected chi connectivity index (χ3v) is 2.26. The Morgan fingerprint density at radius 1 is 1.44 bits per heavy atom. The lowest BCUT2D eigenvalue weighted by atomic mass is 10.2. The van der Waals surface area contributed by atoms with Gasteiger partial charge in [0.25, 0.3) is 0 Å². The van der Waals surface area contributed by atoms with Gasteiger partial charge in [0.05, 0.1) is 6.54 Å². The summed E-state index contributed by atoms with van der Waals surface area (Å²) >= 11 is 0. The molecular formula is C12H19ClN2O. The van der Waals surface area contributed by atoms with Crippen LogP contribution in [0.3, 0.4) is 0 Å². The van der Waals surface area contributed by atoms with Gasteiger partial charge in [-0.25, -0.2) is 0 Å². The average molecular weight is 243 g/mol. The molecule has 0 bridgehead atoms. The molecule has 0 unspecified atom stereocenters. The first kappa shape index (κ1) is 14.9. The first-order valence-corrected chi connectivity index (χ1v) is 5.20. The Morgan fingerprint density at radius 3 is 2.62 bits per heavy atom. The van der Waals surface area contributed by atoms with Gasteiger partial charge in [0.2, 0.25) is 5.91 Å². The maximum absolute atomic E-state index is 11.7. The largest absolute Gasteiger partial charge is 0.312 e. The fraction of sp³-hybridized carbons (Fsp3) is 0.417. The standard InChI is InChI=1S/C12H18N2O.ClH/c1-4-14(12(15)9-13-3)11-7-5-6-10(2)8-11;/h5-8,13H,4,9H2,1-3H3;1H. The second-order valence-corrected chi connectivity index (χ2v) is 3.51. The number of rotatable bonds is 4. The maximum atomic E-state index is 11.7. The van der Waals surface area contributed by atoms with E-state index in [9.17, 15) is 4.79 Å². The summed E-state index contributed by atoms with van der Waals surface area (Å²) in [5, 5.41) is 2.88. The van der Waals surface area contributed by atoms with Crippen LogP contribution in [-0.4, -0.2) is 26.0 Å². The lowest BCUT2D eigenvalue weighted by Crippen LogP contribution is -2.37. The van der Waals surface area contributed by atoms with Crippen LogP contribution in [0.5, 0.6) is 0 Å². The van der Waals surface area contributed by atoms with Crippen molar-refractivity contribution >= 4 is 24.0 Å². The number of likely N-dealkylation sites (N-methyl/N-ethyl adjacent to an activating group) is 2. The van der Waals surface area contributed by atoms with E-state index in [1.165, 1.54) is 5.56 Å². The van der Waals surface area contributed by atoms with Gasteiger partial charge in [-0.15, -0.1) is 12.4 Å². The molecule has 0 heterocycles. The van der Waals surface area contributed by atoms with Crippen molar-refractivity contribution in [3.8, 4) is 0 Å². The van der Waals surface area contributed by atoms with E-state index in [0.717, 1.165) is 5.69 Å². The van der Waals surface area contributed by atoms with Crippen molar-refractivity contribution in [3.05, 3.63) is 29.8 Å². The summed E-state index contributed by atoms with van der Waals surface area (Å²) in [5.74, 6) is 0.102. The molecule has 90 valence electrons. The lowest BCUT2D eigenvalue weighted by molar-refractivity contribution is -0.117. The summed E-state index contributed by atoms with van der Waals surface area (Å²) in [6.07, 6.45) is 0. The summed E-state index contributed by atoms with van der Waals surface area (Å²) < 4.78 is 0. The number of carbonyl (C=O) groups is 1. The highest BCUT2D eigenvalue weighted by molar-refractivity contribution is 5.94. The SMILES string of the molecule is CCN(C(=O)CNC)c1cccc(C)c1.Cl. The van der Waals surface area contributed by atoms with E-state index >= 15 is 0 Å². The molecule has 0 spiro atoms. The number of nitrogens with zero attached hydrogens (tertiary/aromatic N) is 1. The molecule has 0 aliphatic carbocycles. The second kappa shape index (κ2) is 7.25. The van der Waals surface area contributed by atoms with Gasteiger partial charge in [0.1, 0.15) is 0 Å². The molecular weight excluding hydrogens is 224 g/mol. The number of amides is 1. The number of benzene rings is 1. The van der Waals surface area contributed by atoms with Crippen molar-refractivity contribution in [2.45, 2.75) is 13.8 Å². The van der Waals surface area contributed by atoms with Gasteiger partial charge in [-0.3, -0.25) is 4.79 Å². The monoisotopic (exact) mass is 242 g/mol. The van der Waals surface area contributed by atoms with Crippen molar-refractivity contribution in [3.63, 3.8) is 0 Å². The van der Waals surface area contributed by atoms with Gasteiger partial charge in [-0.1, -0.05) is 12.1 Å². The quantitative estimate of drug-likeness (QED) is 0.876. The third-order valence-electron chi connectivity index (χ3n) is 2.26. The number of anilines is 1. The molecule has 1 aromatic rings. The highest BCUT2D eigenvalue weighted by Gasteiger charge is 2.12. The Hall–Kier alpha value is -1.06. The fourth-order valence-corrected chi connectivity index (χ4v) is 1.55. The molecule has 1 amide bonds. The number of halogens is 1. The molecule has 1 rings (SSSR count). The molecule has 0 fully saturated rings. The van der Waals surface area contributed by atoms with Gasteiger partial charge in [-0.2, -0.15) is 0 Å². The van der Waals surface area contributed by atoms with Crippen LogP contribution in [0.1, 0.15) is 12.5 Å². The minimum Gasteiger partial charge on any atom is -0.312 e. The van der Waals surface area contributed by atoms with Crippen molar-refractivity contribution in [2.75, 3.05) is 25.0 Å². The Balaban J connectivity index is 0.00000225. The summed E-state index contributed by atoms with van der Waals surface area (Å²) in [6.45, 7) is 5.08. The molecule has 1 aromatic carbocycles. The first-order chi connectivity index (χ1) is 7.19. The van der Waals surface area contributed by atoms with E-state index in [2.05, 4.69) is 5.32 Å². The van der Waals surface area contributed by atoms with Crippen LogP contribution in [0.25, 0.3) is 0 Å². The van der Waals surface area contributed by atoms with Crippen LogP contribution in [0.4, 0.5) is 5.69 Å². The Morgan fingerprint density at radius 2 is 2.12 bits per heavy atom. The van der Waals surface area contributed by atoms with Crippen molar-refractivity contribution in [1.82, 2.24) is 5.32 Å². The summed E-state index contributed by atoms with van der Waals surface area (Å²) in [5.41, 5.74) is 2.14. The van der Waals surface area contributed by atoms with Crippen LogP contribution in [-0.2, 0) is 4.79 Å². The summed E-state index contributed by atoms with van der Waals surface area (Å²) in [6, 6.07) is 7.99. The molecule has 4 heteroatoms. The first-order valence-electron chi connectivity index (χ1n) is 5.20. The number of hydrogen-bond acceptors (Lipinski definition) is 2. The Labute approximate surface area is 103 Å². The zero-order valence-corrected chi connectivity index (χ0v) is 10.8. The predicted molar refractivity (Wildman–Crippen MR) is 70.4 cm³/mol. The highest BCUT2D eigenvalue weighted by Crippen LogP contribution is 2.15. The highest BCUT2D eigenvalue weighted by atomic mass is 35.5. The smallest absolute Gasteiger partial charge is 0.240 e. The zero-order valence-electron chi connectivity index (χ0n) is 9.99. The van der Waals surface area contributed by atoms with Crippen LogP contribution in [0, 0.1) is 6.92 Å². The number of carbonyl (C=O) groups excluding carboxylic acids is 1. The van der Waals surface area contributed by atoms with E-state index < -0.39 is 0 Å². The van der Waals surface area contributed by atoms with Gasteiger partial charge in [0, 0.05) is 12.2 Å². The van der Waals surface area contributed by atoms with Crippen LogP contribution in [0.2, 0.25) is 0 Å². The minimum absolute atomic E-state index is 0. The van der Waals surface area contributed by atoms with E-state index in [4.69, 9.17) is 0 Å². The zero-order chi connectivity index (χ0) is 11.3. The third kappa shape index (κ3) is 3.83. The number of nitrogens with one attached hydrogen (secondary N) is 1. The normalized spacial score (nSPS) is 9.44. The molecule has 0 radical (unpaired) electrons. The Bertz CT molecular complexity index is 342. The molecule has 0 atom stereocenters. The molecule has 0 aliphatic rings. The lowest BCUT2D eigenvalue weighted by Gasteiger charge is -2.21. The molecule has 0 aromatic heterocycles. The maximum Gasteiger partial charge on any atom is 0.240 e. The van der Waals surface area contributed by atoms with Crippen LogP contribution >= 0.6 is 12.4 Å². The van der Waals surface area contributed by atoms with E-state index in [-0.39, 0.29) is 18.3 Å². The number of aryl methyl sites for hydroxylation is 1. The number of hydrogen-bond donors (Lipinski definition) is 1. The predicted octanol–water partition coefficient (Wildman–Crippen LogP) is 1.99. The Kier molecular flexibility index (Phi) is 6.77. The summed E-state index contributed by atoms with van der Waals surface area (Å²) in [7, 11) is 1.78. The van der Waals surface area contributed by atoms with E-state index in [1.807, 2.05) is 38.1 Å². The fourth-order valence-electron chi connectivity index (χ4n) is 1.55. The van der Waals surface area contributed by atoms with E-state index in [0.29, 0.717) is 13.1 Å². The molecule has 1 N–H and O–H groups in total. The molecule has 0 saturated carbocycles. The second-order valence-electron chi connectivity index (χ2n) is 3.51. The van der Waals surface area contributed by atoms with E-state index in [1.54, 1.807) is 11.9 Å². The molecule has 0 saturated heterocycles. The topological polar surface area (TPSA) is 32.3 Å². The average Bonchev–Trinajstić information content (AvgIpc) is 2.19. The van der Waals surface area contributed by atoms with Gasteiger partial charge < -0.3 is 10.2 Å². The van der Waals surface area contributed by atoms with Gasteiger partial charge >= 0.3 is 0 Å². The van der Waals surface area contributed by atoms with Crippen LogP contribution < -0.4 is 10.2 Å². The van der Waals surface area contributed by atoms with Crippen molar-refractivity contribution in [1.29, 1.82) is 0 Å². The minimum atomic E-state index is 0. The van der Waals surface area contributed by atoms with Crippen LogP contribution in [0.15, 0.2) is 24.3 Å². The van der Waals surface area contributed by atoms with Gasteiger partial charge in [0.15, 0.2) is 0 Å². The summed E-state index contributed by atoms with van der Waals surface area (Å²) in [4.78, 5) is 13.5. The van der Waals surface area contributed by atoms with Crippen molar-refractivity contribution < 1.29 is 4.79 Å². The van der Waals surface area contributed by atoms with Gasteiger partial charge in [-0.05, 0) is 38.6 Å².